The van der Waals surface area contributed by atoms with Gasteiger partial charge in [-0.15, -0.1) is 4.83 Å². The van der Waals surface area contributed by atoms with Crippen LogP contribution >= 0.6 is 0 Å². The Morgan fingerprint density at radius 3 is 2.35 bits per heavy atom. The molecule has 0 aliphatic heterocycles. The summed E-state index contributed by atoms with van der Waals surface area (Å²) in [6.07, 6.45) is 0. The lowest BCUT2D eigenvalue weighted by molar-refractivity contribution is -0.124. The molecule has 2 aromatic rings. The van der Waals surface area contributed by atoms with Gasteiger partial charge in [0.2, 0.25) is 5.91 Å². The smallest absolute Gasteiger partial charge is 0.257 e. The summed E-state index contributed by atoms with van der Waals surface area (Å²) in [5, 5.41) is 1.78. The Hall–Kier alpha value is -1.92. The van der Waals surface area contributed by atoms with Crippen molar-refractivity contribution in [3.05, 3.63) is 42.5 Å². The molecule has 106 valence electrons. The van der Waals surface area contributed by atoms with E-state index in [9.17, 15) is 13.2 Å². The molecule has 0 aromatic heterocycles. The van der Waals surface area contributed by atoms with Gasteiger partial charge in [-0.05, 0) is 22.9 Å². The highest BCUT2D eigenvalue weighted by Crippen LogP contribution is 2.18. The standard InChI is InChI=1S/C14H16N2O3S/c1-10(2)14(17)15-16-20(18,19)13-8-7-11-5-3-4-6-12(11)9-13/h3-10,16H,1-2H3,(H,15,17). The summed E-state index contributed by atoms with van der Waals surface area (Å²) in [6, 6.07) is 12.3. The predicted molar refractivity (Wildman–Crippen MR) is 77.3 cm³/mol. The molecule has 20 heavy (non-hydrogen) atoms. The Labute approximate surface area is 118 Å². The molecular formula is C14H16N2O3S. The highest BCUT2D eigenvalue weighted by molar-refractivity contribution is 7.89. The number of nitrogens with one attached hydrogen (secondary N) is 2. The van der Waals surface area contributed by atoms with Gasteiger partial charge in [0.1, 0.15) is 0 Å². The summed E-state index contributed by atoms with van der Waals surface area (Å²) >= 11 is 0. The number of carbonyl (C=O) groups is 1. The Balaban J connectivity index is 2.25. The van der Waals surface area contributed by atoms with Crippen LogP contribution in [0.1, 0.15) is 13.8 Å². The average molecular weight is 292 g/mol. The molecule has 6 heteroatoms. The predicted octanol–water partition coefficient (Wildman–Crippen LogP) is 1.81. The maximum absolute atomic E-state index is 12.1. The molecule has 0 atom stereocenters. The zero-order valence-corrected chi connectivity index (χ0v) is 12.1. The zero-order valence-electron chi connectivity index (χ0n) is 11.3. The van der Waals surface area contributed by atoms with Gasteiger partial charge >= 0.3 is 0 Å². The van der Waals surface area contributed by atoms with E-state index in [0.717, 1.165) is 10.8 Å². The van der Waals surface area contributed by atoms with Crippen LogP contribution in [0.3, 0.4) is 0 Å². The number of hydrogen-bond donors (Lipinski definition) is 2. The Kier molecular flexibility index (Phi) is 4.06. The Bertz CT molecular complexity index is 739. The van der Waals surface area contributed by atoms with E-state index in [1.807, 2.05) is 24.3 Å². The number of benzene rings is 2. The molecule has 0 spiro atoms. The van der Waals surface area contributed by atoms with Gasteiger partial charge in [-0.2, -0.15) is 0 Å². The molecule has 0 bridgehead atoms. The summed E-state index contributed by atoms with van der Waals surface area (Å²) < 4.78 is 24.2. The van der Waals surface area contributed by atoms with Crippen molar-refractivity contribution in [2.75, 3.05) is 0 Å². The molecule has 1 amide bonds. The fourth-order valence-corrected chi connectivity index (χ4v) is 2.54. The molecule has 5 nitrogen and oxygen atoms in total. The fourth-order valence-electron chi connectivity index (χ4n) is 1.66. The molecular weight excluding hydrogens is 276 g/mol. The van der Waals surface area contributed by atoms with Crippen LogP contribution in [0.15, 0.2) is 47.4 Å². The monoisotopic (exact) mass is 292 g/mol. The second kappa shape index (κ2) is 5.60. The van der Waals surface area contributed by atoms with Crippen LogP contribution in [-0.4, -0.2) is 14.3 Å². The third kappa shape index (κ3) is 3.15. The molecule has 0 unspecified atom stereocenters. The average Bonchev–Trinajstić information content (AvgIpc) is 2.44. The third-order valence-corrected chi connectivity index (χ3v) is 4.11. The molecule has 2 aromatic carbocycles. The van der Waals surface area contributed by atoms with Gasteiger partial charge in [-0.1, -0.05) is 44.2 Å². The van der Waals surface area contributed by atoms with Crippen LogP contribution in [0.2, 0.25) is 0 Å². The third-order valence-electron chi connectivity index (χ3n) is 2.86. The van der Waals surface area contributed by atoms with E-state index >= 15 is 0 Å². The maximum atomic E-state index is 12.1. The molecule has 0 saturated carbocycles. The normalized spacial score (nSPS) is 11.8. The molecule has 0 aliphatic carbocycles. The van der Waals surface area contributed by atoms with Crippen molar-refractivity contribution in [2.45, 2.75) is 18.7 Å². The number of hydrazine groups is 1. The highest BCUT2D eigenvalue weighted by atomic mass is 32.2. The van der Waals surface area contributed by atoms with Crippen molar-refractivity contribution >= 4 is 26.7 Å². The van der Waals surface area contributed by atoms with E-state index in [2.05, 4.69) is 10.3 Å². The van der Waals surface area contributed by atoms with Gasteiger partial charge in [0.05, 0.1) is 4.90 Å². The number of sulfonamides is 1. The van der Waals surface area contributed by atoms with Gasteiger partial charge in [0.25, 0.3) is 10.0 Å². The second-order valence-corrected chi connectivity index (χ2v) is 6.44. The lowest BCUT2D eigenvalue weighted by atomic mass is 10.1. The van der Waals surface area contributed by atoms with Crippen LogP contribution < -0.4 is 10.3 Å². The summed E-state index contributed by atoms with van der Waals surface area (Å²) in [4.78, 5) is 13.6. The van der Waals surface area contributed by atoms with Crippen LogP contribution in [0.25, 0.3) is 10.8 Å². The van der Waals surface area contributed by atoms with Crippen molar-refractivity contribution in [3.63, 3.8) is 0 Å². The first-order valence-electron chi connectivity index (χ1n) is 6.20. The van der Waals surface area contributed by atoms with Crippen molar-refractivity contribution in [1.82, 2.24) is 10.3 Å². The topological polar surface area (TPSA) is 75.3 Å². The molecule has 0 heterocycles. The number of fused-ring (bicyclic) bond motifs is 1. The first-order valence-corrected chi connectivity index (χ1v) is 7.69. The summed E-state index contributed by atoms with van der Waals surface area (Å²) in [7, 11) is -3.76. The van der Waals surface area contributed by atoms with Gasteiger partial charge in [0.15, 0.2) is 0 Å². The van der Waals surface area contributed by atoms with Gasteiger partial charge in [0, 0.05) is 5.92 Å². The molecule has 2 rings (SSSR count). The first kappa shape index (κ1) is 14.5. The highest BCUT2D eigenvalue weighted by Gasteiger charge is 2.16. The molecule has 0 saturated heterocycles. The summed E-state index contributed by atoms with van der Waals surface area (Å²) in [5.74, 6) is -0.677. The van der Waals surface area contributed by atoms with Gasteiger partial charge in [-0.3, -0.25) is 10.2 Å². The summed E-state index contributed by atoms with van der Waals surface area (Å²) in [5.41, 5.74) is 2.19. The van der Waals surface area contributed by atoms with Gasteiger partial charge in [-0.25, -0.2) is 8.42 Å². The minimum Gasteiger partial charge on any atom is -0.277 e. The van der Waals surface area contributed by atoms with Crippen LogP contribution in [0.5, 0.6) is 0 Å². The Morgan fingerprint density at radius 1 is 1.05 bits per heavy atom. The molecule has 0 fully saturated rings. The van der Waals surface area contributed by atoms with Crippen molar-refractivity contribution in [3.8, 4) is 0 Å². The zero-order chi connectivity index (χ0) is 14.8. The Morgan fingerprint density at radius 2 is 1.70 bits per heavy atom. The first-order chi connectivity index (χ1) is 9.40. The van der Waals surface area contributed by atoms with E-state index in [4.69, 9.17) is 0 Å². The number of hydrogen-bond acceptors (Lipinski definition) is 3. The largest absolute Gasteiger partial charge is 0.277 e. The van der Waals surface area contributed by atoms with E-state index < -0.39 is 10.0 Å². The molecule has 0 aliphatic rings. The molecule has 0 radical (unpaired) electrons. The molecule has 2 N–H and O–H groups in total. The second-order valence-electron chi connectivity index (χ2n) is 4.76. The maximum Gasteiger partial charge on any atom is 0.257 e. The van der Waals surface area contributed by atoms with E-state index in [1.54, 1.807) is 26.0 Å². The van der Waals surface area contributed by atoms with Crippen molar-refractivity contribution in [1.29, 1.82) is 0 Å². The van der Waals surface area contributed by atoms with E-state index in [1.165, 1.54) is 6.07 Å². The van der Waals surface area contributed by atoms with Gasteiger partial charge < -0.3 is 0 Å². The lowest BCUT2D eigenvalue weighted by Crippen LogP contribution is -2.43. The number of amides is 1. The van der Waals surface area contributed by atoms with E-state index in [0.29, 0.717) is 0 Å². The fraction of sp³-hybridized carbons (Fsp3) is 0.214. The quantitative estimate of drug-likeness (QED) is 0.844. The minimum absolute atomic E-state index is 0.111. The van der Waals surface area contributed by atoms with Crippen molar-refractivity contribution in [2.24, 2.45) is 5.92 Å². The van der Waals surface area contributed by atoms with Crippen LogP contribution in [0.4, 0.5) is 0 Å². The summed E-state index contributed by atoms with van der Waals surface area (Å²) in [6.45, 7) is 3.36. The van der Waals surface area contributed by atoms with E-state index in [-0.39, 0.29) is 16.7 Å². The number of rotatable bonds is 4. The minimum atomic E-state index is -3.76. The van der Waals surface area contributed by atoms with Crippen LogP contribution in [0, 0.1) is 5.92 Å². The lowest BCUT2D eigenvalue weighted by Gasteiger charge is -2.10. The van der Waals surface area contributed by atoms with Crippen LogP contribution in [-0.2, 0) is 14.8 Å². The van der Waals surface area contributed by atoms with Crippen molar-refractivity contribution < 1.29 is 13.2 Å². The number of carbonyl (C=O) groups excluding carboxylic acids is 1. The SMILES string of the molecule is CC(C)C(=O)NNS(=O)(=O)c1ccc2ccccc2c1.